The maximum atomic E-state index is 14.1. The molecule has 0 aromatic heterocycles. The van der Waals surface area contributed by atoms with Gasteiger partial charge in [0.25, 0.3) is 0 Å². The molecule has 0 aliphatic carbocycles. The summed E-state index contributed by atoms with van der Waals surface area (Å²) in [5.41, 5.74) is 0.0891. The molecule has 2 aromatic carbocycles. The molecule has 158 valence electrons. The average Bonchev–Trinajstić information content (AvgIpc) is 2.71. The van der Waals surface area contributed by atoms with Crippen molar-refractivity contribution in [1.82, 2.24) is 4.72 Å². The zero-order chi connectivity index (χ0) is 21.6. The van der Waals surface area contributed by atoms with E-state index in [0.717, 1.165) is 19.2 Å². The topological polar surface area (TPSA) is 90.9 Å². The number of hydrogen-bond donors (Lipinski definition) is 2. The van der Waals surface area contributed by atoms with Crippen LogP contribution in [0.3, 0.4) is 0 Å². The Kier molecular flexibility index (Phi) is 7.82. The second-order valence-electron chi connectivity index (χ2n) is 5.72. The number of halogens is 2. The highest BCUT2D eigenvalue weighted by molar-refractivity contribution is 7.89. The molecule has 2 aromatic rings. The molecule has 0 bridgehead atoms. The lowest BCUT2D eigenvalue weighted by Crippen LogP contribution is -2.27. The van der Waals surface area contributed by atoms with Crippen molar-refractivity contribution < 1.29 is 36.2 Å². The Morgan fingerprint density at radius 2 is 1.72 bits per heavy atom. The summed E-state index contributed by atoms with van der Waals surface area (Å²) in [5.74, 6) is -3.15. The van der Waals surface area contributed by atoms with Gasteiger partial charge in [-0.1, -0.05) is 0 Å². The van der Waals surface area contributed by atoms with Crippen molar-refractivity contribution in [3.05, 3.63) is 53.6 Å². The Morgan fingerprint density at radius 1 is 1.14 bits per heavy atom. The first-order valence-corrected chi connectivity index (χ1v) is 10.2. The van der Waals surface area contributed by atoms with Crippen molar-refractivity contribution in [2.24, 2.45) is 0 Å². The Balaban J connectivity index is 2.08. The Bertz CT molecular complexity index is 944. The molecule has 11 heteroatoms. The first-order valence-electron chi connectivity index (χ1n) is 8.18. The van der Waals surface area contributed by atoms with E-state index in [-0.39, 0.29) is 17.0 Å². The average molecular weight is 447 g/mol. The highest BCUT2D eigenvalue weighted by Gasteiger charge is 2.20. The Labute approximate surface area is 172 Å². The molecule has 1 N–H and O–H groups in total. The molecule has 0 fully saturated rings. The van der Waals surface area contributed by atoms with Crippen molar-refractivity contribution in [3.8, 4) is 11.5 Å². The molecule has 0 radical (unpaired) electrons. The number of ether oxygens (including phenoxy) is 3. The van der Waals surface area contributed by atoms with Crippen molar-refractivity contribution in [1.29, 1.82) is 0 Å². The van der Waals surface area contributed by atoms with Crippen LogP contribution in [0.1, 0.15) is 10.8 Å². The summed E-state index contributed by atoms with van der Waals surface area (Å²) in [5, 5.41) is -0.846. The summed E-state index contributed by atoms with van der Waals surface area (Å²) >= 11 is 4.21. The normalized spacial score (nSPS) is 12.3. The summed E-state index contributed by atoms with van der Waals surface area (Å²) in [6.45, 7) is -0.881. The molecule has 1 atom stereocenters. The summed E-state index contributed by atoms with van der Waals surface area (Å²) in [7, 11) is -1.29. The number of methoxy groups -OCH3 is 2. The van der Waals surface area contributed by atoms with Crippen LogP contribution in [-0.2, 0) is 19.6 Å². The molecule has 7 nitrogen and oxygen atoms in total. The lowest BCUT2D eigenvalue weighted by molar-refractivity contribution is -0.143. The second-order valence-corrected chi connectivity index (χ2v) is 8.11. The molecule has 29 heavy (non-hydrogen) atoms. The summed E-state index contributed by atoms with van der Waals surface area (Å²) in [4.78, 5) is 11.0. The standard InChI is InChI=1S/C18H19F2NO6S2/c1-25-12-3-5-13(6-4-12)29(23,24)21-9-16(28)11-7-14(19)18(15(20)8-11)27-10-17(22)26-2/h3-8,16,21,28H,9-10H2,1-2H3. The van der Waals surface area contributed by atoms with Gasteiger partial charge in [-0.15, -0.1) is 0 Å². The maximum absolute atomic E-state index is 14.1. The lowest BCUT2D eigenvalue weighted by Gasteiger charge is -2.15. The van der Waals surface area contributed by atoms with Crippen LogP contribution >= 0.6 is 12.6 Å². The van der Waals surface area contributed by atoms with Crippen LogP contribution in [0.25, 0.3) is 0 Å². The minimum absolute atomic E-state index is 0.00255. The van der Waals surface area contributed by atoms with Crippen LogP contribution < -0.4 is 14.2 Å². The van der Waals surface area contributed by atoms with Crippen molar-refractivity contribution in [3.63, 3.8) is 0 Å². The molecule has 0 saturated heterocycles. The number of sulfonamides is 1. The molecular weight excluding hydrogens is 428 g/mol. The van der Waals surface area contributed by atoms with Crippen LogP contribution in [0.15, 0.2) is 41.3 Å². The van der Waals surface area contributed by atoms with E-state index >= 15 is 0 Å². The molecule has 2 rings (SSSR count). The molecule has 0 aliphatic rings. The maximum Gasteiger partial charge on any atom is 0.343 e. The monoisotopic (exact) mass is 447 g/mol. The van der Waals surface area contributed by atoms with E-state index in [2.05, 4.69) is 22.1 Å². The van der Waals surface area contributed by atoms with Crippen molar-refractivity contribution in [2.75, 3.05) is 27.4 Å². The van der Waals surface area contributed by atoms with E-state index in [0.29, 0.717) is 5.75 Å². The molecule has 0 heterocycles. The first kappa shape index (κ1) is 22.9. The quantitative estimate of drug-likeness (QED) is 0.453. The van der Waals surface area contributed by atoms with Crippen LogP contribution in [0, 0.1) is 11.6 Å². The first-order chi connectivity index (χ1) is 13.7. The van der Waals surface area contributed by atoms with Crippen LogP contribution in [-0.4, -0.2) is 41.8 Å². The van der Waals surface area contributed by atoms with Crippen molar-refractivity contribution in [2.45, 2.75) is 10.1 Å². The number of thiol groups is 1. The zero-order valence-corrected chi connectivity index (χ0v) is 17.2. The predicted molar refractivity (Wildman–Crippen MR) is 104 cm³/mol. The van der Waals surface area contributed by atoms with Gasteiger partial charge in [-0.05, 0) is 42.0 Å². The van der Waals surface area contributed by atoms with Crippen molar-refractivity contribution >= 4 is 28.6 Å². The molecule has 0 saturated carbocycles. The SMILES string of the molecule is COC(=O)COc1c(F)cc(C(S)CNS(=O)(=O)c2ccc(OC)cc2)cc1F. The number of carbonyl (C=O) groups excluding carboxylic acids is 1. The van der Waals surface area contributed by atoms with Gasteiger partial charge in [-0.2, -0.15) is 12.6 Å². The van der Waals surface area contributed by atoms with Gasteiger partial charge in [-0.3, -0.25) is 0 Å². The Morgan fingerprint density at radius 3 is 2.24 bits per heavy atom. The number of carbonyl (C=O) groups is 1. The fourth-order valence-corrected chi connectivity index (χ4v) is 3.66. The van der Waals surface area contributed by atoms with Gasteiger partial charge in [-0.25, -0.2) is 26.7 Å². The smallest absolute Gasteiger partial charge is 0.343 e. The van der Waals surface area contributed by atoms with E-state index in [1.807, 2.05) is 0 Å². The van der Waals surface area contributed by atoms with Crippen LogP contribution in [0.4, 0.5) is 8.78 Å². The van der Waals surface area contributed by atoms with E-state index in [1.165, 1.54) is 31.4 Å². The van der Waals surface area contributed by atoms with Gasteiger partial charge in [0.05, 0.1) is 19.1 Å². The van der Waals surface area contributed by atoms with Gasteiger partial charge in [0, 0.05) is 11.8 Å². The minimum atomic E-state index is -3.86. The number of nitrogens with one attached hydrogen (secondary N) is 1. The third kappa shape index (κ3) is 6.05. The molecular formula is C18H19F2NO6S2. The molecule has 0 spiro atoms. The van der Waals surface area contributed by atoms with Gasteiger partial charge in [0.1, 0.15) is 5.75 Å². The van der Waals surface area contributed by atoms with E-state index in [1.54, 1.807) is 0 Å². The molecule has 0 amide bonds. The predicted octanol–water partition coefficient (Wildman–Crippen LogP) is 2.47. The van der Waals surface area contributed by atoms with E-state index < -0.39 is 45.2 Å². The van der Waals surface area contributed by atoms with E-state index in [4.69, 9.17) is 9.47 Å². The van der Waals surface area contributed by atoms with Crippen LogP contribution in [0.2, 0.25) is 0 Å². The van der Waals surface area contributed by atoms with Gasteiger partial charge in [0.15, 0.2) is 24.0 Å². The number of esters is 1. The fraction of sp³-hybridized carbons (Fsp3) is 0.278. The summed E-state index contributed by atoms with van der Waals surface area (Å²) in [6.07, 6.45) is 0. The molecule has 0 aliphatic heterocycles. The third-order valence-corrected chi connectivity index (χ3v) is 5.72. The Hall–Kier alpha value is -2.37. The van der Waals surface area contributed by atoms with E-state index in [9.17, 15) is 22.0 Å². The minimum Gasteiger partial charge on any atom is -0.497 e. The number of rotatable bonds is 9. The lowest BCUT2D eigenvalue weighted by atomic mass is 10.1. The van der Waals surface area contributed by atoms with Gasteiger partial charge < -0.3 is 14.2 Å². The number of hydrogen-bond acceptors (Lipinski definition) is 7. The summed E-state index contributed by atoms with van der Waals surface area (Å²) in [6, 6.07) is 7.61. The molecule has 1 unspecified atom stereocenters. The third-order valence-electron chi connectivity index (χ3n) is 3.80. The number of benzene rings is 2. The second kappa shape index (κ2) is 9.90. The van der Waals surface area contributed by atoms with Gasteiger partial charge >= 0.3 is 5.97 Å². The largest absolute Gasteiger partial charge is 0.497 e. The zero-order valence-electron chi connectivity index (χ0n) is 15.5. The highest BCUT2D eigenvalue weighted by atomic mass is 32.2. The van der Waals surface area contributed by atoms with Crippen LogP contribution in [0.5, 0.6) is 11.5 Å². The summed E-state index contributed by atoms with van der Waals surface area (Å²) < 4.78 is 69.4. The fourth-order valence-electron chi connectivity index (χ4n) is 2.24. The van der Waals surface area contributed by atoms with Gasteiger partial charge in [0.2, 0.25) is 10.0 Å². The highest BCUT2D eigenvalue weighted by Crippen LogP contribution is 2.29.